The molecule has 0 heterocycles. The Bertz CT molecular complexity index is 421. The minimum atomic E-state index is -0.480. The van der Waals surface area contributed by atoms with Crippen LogP contribution in [0.15, 0.2) is 17.0 Å². The fourth-order valence-electron chi connectivity index (χ4n) is 1.09. The molecule has 0 aliphatic heterocycles. The van der Waals surface area contributed by atoms with Crippen LogP contribution in [0.3, 0.4) is 0 Å². The molecule has 0 bridgehead atoms. The number of ether oxygens (including phenoxy) is 1. The van der Waals surface area contributed by atoms with E-state index in [-0.39, 0.29) is 0 Å². The molecule has 0 unspecified atom stereocenters. The fraction of sp³-hybridized carbons (Fsp3) is 0.200. The Labute approximate surface area is 87.7 Å². The molecule has 0 aliphatic rings. The number of rotatable bonds is 1. The van der Waals surface area contributed by atoms with E-state index < -0.39 is 5.97 Å². The molecule has 0 atom stereocenters. The van der Waals surface area contributed by atoms with Crippen LogP contribution < -0.4 is 0 Å². The summed E-state index contributed by atoms with van der Waals surface area (Å²) in [5.74, 6) is -0.480. The van der Waals surface area contributed by atoms with Gasteiger partial charge < -0.3 is 4.74 Å². The van der Waals surface area contributed by atoms with Crippen LogP contribution in [0.2, 0.25) is 0 Å². The van der Waals surface area contributed by atoms with Gasteiger partial charge in [0.25, 0.3) is 0 Å². The summed E-state index contributed by atoms with van der Waals surface area (Å²) in [7, 11) is 1.29. The van der Waals surface area contributed by atoms with Gasteiger partial charge in [0.15, 0.2) is 0 Å². The standard InChI is InChI=1S/C10H9NO2S/c1-6-3-9(14)8(10(12)13-2)4-7(6)5-11/h3-4,14H,1-2H3. The van der Waals surface area contributed by atoms with Crippen molar-refractivity contribution >= 4 is 18.6 Å². The topological polar surface area (TPSA) is 50.1 Å². The van der Waals surface area contributed by atoms with Gasteiger partial charge >= 0.3 is 5.97 Å². The molecular formula is C10H9NO2S. The Kier molecular flexibility index (Phi) is 3.15. The molecule has 0 spiro atoms. The van der Waals surface area contributed by atoms with Gasteiger partial charge in [-0.3, -0.25) is 0 Å². The molecule has 14 heavy (non-hydrogen) atoms. The number of nitrogens with zero attached hydrogens (tertiary/aromatic N) is 1. The molecule has 0 amide bonds. The SMILES string of the molecule is COC(=O)c1cc(C#N)c(C)cc1S. The van der Waals surface area contributed by atoms with Crippen LogP contribution in [0.4, 0.5) is 0 Å². The second-order valence-corrected chi connectivity index (χ2v) is 3.27. The zero-order valence-corrected chi connectivity index (χ0v) is 8.76. The first-order valence-corrected chi connectivity index (χ1v) is 4.37. The Morgan fingerprint density at radius 3 is 2.71 bits per heavy atom. The van der Waals surface area contributed by atoms with Crippen LogP contribution in [0.5, 0.6) is 0 Å². The molecule has 0 saturated carbocycles. The zero-order chi connectivity index (χ0) is 10.7. The van der Waals surface area contributed by atoms with Gasteiger partial charge in [0, 0.05) is 4.90 Å². The molecule has 0 N–H and O–H groups in total. The number of hydrogen-bond acceptors (Lipinski definition) is 4. The molecule has 3 nitrogen and oxygen atoms in total. The van der Waals surface area contributed by atoms with Crippen molar-refractivity contribution in [3.63, 3.8) is 0 Å². The molecule has 0 fully saturated rings. The predicted molar refractivity (Wildman–Crippen MR) is 54.5 cm³/mol. The van der Waals surface area contributed by atoms with Gasteiger partial charge in [-0.2, -0.15) is 5.26 Å². The Morgan fingerprint density at radius 1 is 1.57 bits per heavy atom. The van der Waals surface area contributed by atoms with Crippen molar-refractivity contribution in [1.29, 1.82) is 5.26 Å². The first kappa shape index (κ1) is 10.6. The minimum Gasteiger partial charge on any atom is -0.465 e. The van der Waals surface area contributed by atoms with Gasteiger partial charge in [0.1, 0.15) is 0 Å². The average Bonchev–Trinajstić information content (AvgIpc) is 2.17. The highest BCUT2D eigenvalue weighted by Gasteiger charge is 2.12. The second kappa shape index (κ2) is 4.16. The van der Waals surface area contributed by atoms with Crippen molar-refractivity contribution in [2.24, 2.45) is 0 Å². The molecule has 1 rings (SSSR count). The minimum absolute atomic E-state index is 0.318. The van der Waals surface area contributed by atoms with Crippen molar-refractivity contribution in [1.82, 2.24) is 0 Å². The third-order valence-corrected chi connectivity index (χ3v) is 2.24. The van der Waals surface area contributed by atoms with E-state index in [4.69, 9.17) is 5.26 Å². The van der Waals surface area contributed by atoms with Gasteiger partial charge in [-0.15, -0.1) is 12.6 Å². The smallest absolute Gasteiger partial charge is 0.339 e. The van der Waals surface area contributed by atoms with Crippen molar-refractivity contribution in [2.75, 3.05) is 7.11 Å². The number of esters is 1. The van der Waals surface area contributed by atoms with E-state index >= 15 is 0 Å². The van der Waals surface area contributed by atoms with Gasteiger partial charge in [0.2, 0.25) is 0 Å². The van der Waals surface area contributed by atoms with Crippen LogP contribution in [0.1, 0.15) is 21.5 Å². The van der Waals surface area contributed by atoms with E-state index in [2.05, 4.69) is 17.4 Å². The number of methoxy groups -OCH3 is 1. The number of hydrogen-bond donors (Lipinski definition) is 1. The normalized spacial score (nSPS) is 9.29. The lowest BCUT2D eigenvalue weighted by molar-refractivity contribution is 0.0597. The van der Waals surface area contributed by atoms with Crippen LogP contribution >= 0.6 is 12.6 Å². The predicted octanol–water partition coefficient (Wildman–Crippen LogP) is 1.94. The van der Waals surface area contributed by atoms with Crippen molar-refractivity contribution in [3.8, 4) is 6.07 Å². The van der Waals surface area contributed by atoms with E-state index in [9.17, 15) is 4.79 Å². The van der Waals surface area contributed by atoms with Crippen molar-refractivity contribution in [3.05, 3.63) is 28.8 Å². The monoisotopic (exact) mass is 207 g/mol. The highest BCUT2D eigenvalue weighted by atomic mass is 32.1. The summed E-state index contributed by atoms with van der Waals surface area (Å²) in [6.07, 6.45) is 0. The maximum Gasteiger partial charge on any atom is 0.339 e. The van der Waals surface area contributed by atoms with Gasteiger partial charge in [-0.25, -0.2) is 4.79 Å². The molecule has 72 valence electrons. The maximum absolute atomic E-state index is 11.2. The van der Waals surface area contributed by atoms with Crippen molar-refractivity contribution in [2.45, 2.75) is 11.8 Å². The second-order valence-electron chi connectivity index (χ2n) is 2.79. The van der Waals surface area contributed by atoms with E-state index in [1.807, 2.05) is 6.07 Å². The zero-order valence-electron chi connectivity index (χ0n) is 7.87. The summed E-state index contributed by atoms with van der Waals surface area (Å²) >= 11 is 4.14. The quantitative estimate of drug-likeness (QED) is 0.565. The lowest BCUT2D eigenvalue weighted by Crippen LogP contribution is -2.03. The first-order chi connectivity index (χ1) is 6.60. The molecule has 4 heteroatoms. The van der Waals surface area contributed by atoms with E-state index in [1.165, 1.54) is 13.2 Å². The number of carbonyl (C=O) groups is 1. The summed E-state index contributed by atoms with van der Waals surface area (Å²) in [4.78, 5) is 11.8. The molecule has 1 aromatic carbocycles. The lowest BCUT2D eigenvalue weighted by Gasteiger charge is -2.05. The Morgan fingerprint density at radius 2 is 2.21 bits per heavy atom. The maximum atomic E-state index is 11.2. The van der Waals surface area contributed by atoms with Crippen LogP contribution in [-0.4, -0.2) is 13.1 Å². The summed E-state index contributed by atoms with van der Waals surface area (Å²) in [5, 5.41) is 8.76. The van der Waals surface area contributed by atoms with Crippen LogP contribution in [0.25, 0.3) is 0 Å². The summed E-state index contributed by atoms with van der Waals surface area (Å²) in [6, 6.07) is 5.16. The largest absolute Gasteiger partial charge is 0.465 e. The first-order valence-electron chi connectivity index (χ1n) is 3.92. The molecule has 1 aromatic rings. The fourth-order valence-corrected chi connectivity index (χ4v) is 1.44. The molecule has 0 aliphatic carbocycles. The molecule has 0 radical (unpaired) electrons. The van der Waals surface area contributed by atoms with Gasteiger partial charge in [-0.1, -0.05) is 0 Å². The molecule has 0 saturated heterocycles. The van der Waals surface area contributed by atoms with E-state index in [1.54, 1.807) is 13.0 Å². The molecule has 0 aromatic heterocycles. The number of carbonyl (C=O) groups excluding carboxylic acids is 1. The third-order valence-electron chi connectivity index (χ3n) is 1.87. The van der Waals surface area contributed by atoms with Gasteiger partial charge in [0.05, 0.1) is 24.3 Å². The third kappa shape index (κ3) is 1.88. The number of thiol groups is 1. The number of benzene rings is 1. The van der Waals surface area contributed by atoms with Crippen molar-refractivity contribution < 1.29 is 9.53 Å². The number of nitriles is 1. The summed E-state index contributed by atoms with van der Waals surface area (Å²) < 4.78 is 4.56. The van der Waals surface area contributed by atoms with E-state index in [0.29, 0.717) is 16.0 Å². The summed E-state index contributed by atoms with van der Waals surface area (Å²) in [5.41, 5.74) is 1.58. The summed E-state index contributed by atoms with van der Waals surface area (Å²) in [6.45, 7) is 1.79. The van der Waals surface area contributed by atoms with Crippen LogP contribution in [-0.2, 0) is 4.74 Å². The average molecular weight is 207 g/mol. The Balaban J connectivity index is 3.33. The lowest BCUT2D eigenvalue weighted by atomic mass is 10.1. The number of aryl methyl sites for hydroxylation is 1. The van der Waals surface area contributed by atoms with E-state index in [0.717, 1.165) is 5.56 Å². The van der Waals surface area contributed by atoms with Gasteiger partial charge in [-0.05, 0) is 24.6 Å². The van der Waals surface area contributed by atoms with Crippen LogP contribution in [0, 0.1) is 18.3 Å². The molecular weight excluding hydrogens is 198 g/mol. The Hall–Kier alpha value is -1.47. The highest BCUT2D eigenvalue weighted by molar-refractivity contribution is 7.80. The highest BCUT2D eigenvalue weighted by Crippen LogP contribution is 2.19.